The predicted molar refractivity (Wildman–Crippen MR) is 120 cm³/mol. The van der Waals surface area contributed by atoms with Crippen molar-refractivity contribution in [2.45, 2.75) is 31.3 Å². The summed E-state index contributed by atoms with van der Waals surface area (Å²) in [7, 11) is 0. The topological polar surface area (TPSA) is 93.4 Å². The molecule has 2 aliphatic rings. The Hall–Kier alpha value is -1.94. The first kappa shape index (κ1) is 20.9. The first-order valence-electron chi connectivity index (χ1n) is 9.85. The summed E-state index contributed by atoms with van der Waals surface area (Å²) in [4.78, 5) is 22.0. The number of piperidine rings is 1. The molecular weight excluding hydrogens is 509 g/mol. The highest BCUT2D eigenvalue weighted by Crippen LogP contribution is 2.50. The van der Waals surface area contributed by atoms with Crippen molar-refractivity contribution in [3.8, 4) is 5.69 Å². The second kappa shape index (κ2) is 8.20. The summed E-state index contributed by atoms with van der Waals surface area (Å²) >= 11 is 16.4. The summed E-state index contributed by atoms with van der Waals surface area (Å²) in [5.41, 5.74) is 1.39. The van der Waals surface area contributed by atoms with Gasteiger partial charge in [-0.15, -0.1) is 0 Å². The van der Waals surface area contributed by atoms with Gasteiger partial charge in [-0.1, -0.05) is 23.2 Å². The van der Waals surface area contributed by atoms with E-state index in [0.29, 0.717) is 38.6 Å². The zero-order chi connectivity index (χ0) is 21.7. The SMILES string of the molecule is O=C(O)CCOC[C@@H]1C[C@@H]2C[C@@H]2N1c1cc(-n2cncn2)c2cc(Br)c(Cl)c(Cl)c2n1. The van der Waals surface area contributed by atoms with Gasteiger partial charge in [0, 0.05) is 22.0 Å². The van der Waals surface area contributed by atoms with Crippen LogP contribution in [-0.4, -0.2) is 56.1 Å². The Morgan fingerprint density at radius 1 is 1.29 bits per heavy atom. The molecule has 0 amide bonds. The van der Waals surface area contributed by atoms with E-state index < -0.39 is 5.97 Å². The number of carbonyl (C=O) groups is 1. The van der Waals surface area contributed by atoms with Gasteiger partial charge in [0.25, 0.3) is 0 Å². The molecule has 0 bridgehead atoms. The van der Waals surface area contributed by atoms with Crippen molar-refractivity contribution in [3.63, 3.8) is 0 Å². The van der Waals surface area contributed by atoms with Gasteiger partial charge in [0.05, 0.1) is 46.9 Å². The molecule has 3 aromatic rings. The Kier molecular flexibility index (Phi) is 5.54. The number of nitrogens with zero attached hydrogens (tertiary/aromatic N) is 5. The number of rotatable bonds is 7. The van der Waals surface area contributed by atoms with Crippen molar-refractivity contribution in [1.82, 2.24) is 19.7 Å². The van der Waals surface area contributed by atoms with Gasteiger partial charge >= 0.3 is 5.97 Å². The third kappa shape index (κ3) is 3.88. The third-order valence-electron chi connectivity index (χ3n) is 5.82. The fourth-order valence-corrected chi connectivity index (χ4v) is 5.27. The minimum absolute atomic E-state index is 0.00671. The lowest BCUT2D eigenvalue weighted by Gasteiger charge is -2.29. The molecule has 1 aliphatic heterocycles. The van der Waals surface area contributed by atoms with Gasteiger partial charge in [-0.3, -0.25) is 4.79 Å². The lowest BCUT2D eigenvalue weighted by Crippen LogP contribution is -2.37. The minimum atomic E-state index is -0.863. The summed E-state index contributed by atoms with van der Waals surface area (Å²) < 4.78 is 8.03. The van der Waals surface area contributed by atoms with Gasteiger partial charge in [0.15, 0.2) is 0 Å². The summed E-state index contributed by atoms with van der Waals surface area (Å²) in [6.07, 6.45) is 5.20. The number of carboxylic acid groups (broad SMARTS) is 1. The zero-order valence-electron chi connectivity index (χ0n) is 16.2. The number of fused-ring (bicyclic) bond motifs is 2. The maximum absolute atomic E-state index is 10.8. The van der Waals surface area contributed by atoms with Crippen molar-refractivity contribution < 1.29 is 14.6 Å². The van der Waals surface area contributed by atoms with Crippen LogP contribution in [0.15, 0.2) is 29.3 Å². The molecule has 8 nitrogen and oxygen atoms in total. The highest BCUT2D eigenvalue weighted by atomic mass is 79.9. The van der Waals surface area contributed by atoms with Crippen LogP contribution in [0.5, 0.6) is 0 Å². The fraction of sp³-hybridized carbons (Fsp3) is 0.400. The van der Waals surface area contributed by atoms with E-state index in [-0.39, 0.29) is 19.1 Å². The van der Waals surface area contributed by atoms with Crippen LogP contribution in [0.4, 0.5) is 5.82 Å². The van der Waals surface area contributed by atoms with E-state index >= 15 is 0 Å². The maximum atomic E-state index is 10.8. The molecule has 2 fully saturated rings. The molecule has 3 heterocycles. The number of aromatic nitrogens is 4. The van der Waals surface area contributed by atoms with Crippen molar-refractivity contribution in [1.29, 1.82) is 0 Å². The highest BCUT2D eigenvalue weighted by Gasteiger charge is 2.52. The molecule has 0 radical (unpaired) electrons. The van der Waals surface area contributed by atoms with Crippen molar-refractivity contribution in [2.24, 2.45) is 5.92 Å². The number of ether oxygens (including phenoxy) is 1. The first-order chi connectivity index (χ1) is 14.9. The molecular formula is C20H18BrCl2N5O3. The number of hydrogen-bond acceptors (Lipinski definition) is 6. The Labute approximate surface area is 196 Å². The molecule has 0 unspecified atom stereocenters. The van der Waals surface area contributed by atoms with E-state index in [9.17, 15) is 4.79 Å². The quantitative estimate of drug-likeness (QED) is 0.361. The van der Waals surface area contributed by atoms with E-state index in [1.54, 1.807) is 11.0 Å². The molecule has 5 rings (SSSR count). The number of benzene rings is 1. The zero-order valence-corrected chi connectivity index (χ0v) is 19.3. The molecule has 11 heteroatoms. The largest absolute Gasteiger partial charge is 0.481 e. The van der Waals surface area contributed by atoms with Crippen LogP contribution >= 0.6 is 39.1 Å². The lowest BCUT2D eigenvalue weighted by atomic mass is 10.1. The molecule has 31 heavy (non-hydrogen) atoms. The number of hydrogen-bond donors (Lipinski definition) is 1. The van der Waals surface area contributed by atoms with E-state index in [1.807, 2.05) is 12.1 Å². The minimum Gasteiger partial charge on any atom is -0.481 e. The summed E-state index contributed by atoms with van der Waals surface area (Å²) in [5.74, 6) is 0.511. The van der Waals surface area contributed by atoms with Crippen molar-refractivity contribution in [3.05, 3.63) is 39.3 Å². The number of halogens is 3. The third-order valence-corrected chi connectivity index (χ3v) is 7.53. The first-order valence-corrected chi connectivity index (χ1v) is 11.4. The molecule has 1 saturated carbocycles. The number of carboxylic acids is 1. The van der Waals surface area contributed by atoms with Gasteiger partial charge in [-0.05, 0) is 40.8 Å². The van der Waals surface area contributed by atoms with Crippen LogP contribution in [0.2, 0.25) is 10.0 Å². The fourth-order valence-electron chi connectivity index (χ4n) is 4.33. The Morgan fingerprint density at radius 2 is 2.13 bits per heavy atom. The lowest BCUT2D eigenvalue weighted by molar-refractivity contribution is -0.138. The Morgan fingerprint density at radius 3 is 2.87 bits per heavy atom. The summed E-state index contributed by atoms with van der Waals surface area (Å²) in [5, 5.41) is 14.7. The van der Waals surface area contributed by atoms with Crippen LogP contribution in [-0.2, 0) is 9.53 Å². The summed E-state index contributed by atoms with van der Waals surface area (Å²) in [6.45, 7) is 0.646. The number of anilines is 1. The maximum Gasteiger partial charge on any atom is 0.305 e. The van der Waals surface area contributed by atoms with Crippen molar-refractivity contribution in [2.75, 3.05) is 18.1 Å². The van der Waals surface area contributed by atoms with Gasteiger partial charge in [0.2, 0.25) is 0 Å². The van der Waals surface area contributed by atoms with Crippen molar-refractivity contribution >= 4 is 61.8 Å². The second-order valence-electron chi connectivity index (χ2n) is 7.80. The van der Waals surface area contributed by atoms with E-state index in [2.05, 4.69) is 30.9 Å². The van der Waals surface area contributed by atoms with Crippen LogP contribution in [0, 0.1) is 5.92 Å². The van der Waals surface area contributed by atoms with Crippen LogP contribution in [0.25, 0.3) is 16.6 Å². The van der Waals surface area contributed by atoms with Gasteiger partial charge in [-0.25, -0.2) is 14.6 Å². The highest BCUT2D eigenvalue weighted by molar-refractivity contribution is 9.10. The smallest absolute Gasteiger partial charge is 0.305 e. The van der Waals surface area contributed by atoms with E-state index in [4.69, 9.17) is 38.0 Å². The molecule has 0 spiro atoms. The summed E-state index contributed by atoms with van der Waals surface area (Å²) in [6, 6.07) is 4.38. The van der Waals surface area contributed by atoms with Gasteiger partial charge in [-0.2, -0.15) is 5.10 Å². The molecule has 1 aliphatic carbocycles. The second-order valence-corrected chi connectivity index (χ2v) is 9.41. The Bertz CT molecular complexity index is 1160. The number of aliphatic carboxylic acids is 1. The van der Waals surface area contributed by atoms with E-state index in [1.165, 1.54) is 6.33 Å². The average Bonchev–Trinajstić information content (AvgIpc) is 3.14. The molecule has 162 valence electrons. The van der Waals surface area contributed by atoms with Crippen LogP contribution < -0.4 is 4.90 Å². The Balaban J connectivity index is 1.55. The molecule has 2 aromatic heterocycles. The molecule has 1 aromatic carbocycles. The van der Waals surface area contributed by atoms with Crippen LogP contribution in [0.3, 0.4) is 0 Å². The van der Waals surface area contributed by atoms with E-state index in [0.717, 1.165) is 29.7 Å². The predicted octanol–water partition coefficient (Wildman–Crippen LogP) is 4.34. The average molecular weight is 527 g/mol. The molecule has 3 atom stereocenters. The molecule has 1 saturated heterocycles. The van der Waals surface area contributed by atoms with Gasteiger partial charge < -0.3 is 14.7 Å². The number of pyridine rings is 1. The molecule has 1 N–H and O–H groups in total. The monoisotopic (exact) mass is 525 g/mol. The normalized spacial score (nSPS) is 22.2. The van der Waals surface area contributed by atoms with Gasteiger partial charge in [0.1, 0.15) is 18.5 Å². The standard InChI is InChI=1S/C20H18BrCl2N5O3/c21-13-5-12-15(27-9-24-8-25-27)6-16(26-20(12)19(23)18(13)22)28-11(3-10-4-14(10)28)7-31-2-1-17(29)30/h5-6,8-11,14H,1-4,7H2,(H,29,30)/t10-,11+,14+/m1/s1. The van der Waals surface area contributed by atoms with Crippen LogP contribution in [0.1, 0.15) is 19.3 Å².